The zero-order valence-corrected chi connectivity index (χ0v) is 28.1. The van der Waals surface area contributed by atoms with E-state index in [0.717, 1.165) is 12.8 Å². The van der Waals surface area contributed by atoms with Crippen LogP contribution in [0, 0.1) is 0 Å². The monoisotopic (exact) mass is 676 g/mol. The summed E-state index contributed by atoms with van der Waals surface area (Å²) >= 11 is 0. The molecule has 2 aromatic carbocycles. The predicted molar refractivity (Wildman–Crippen MR) is 176 cm³/mol. The Morgan fingerprint density at radius 2 is 0.542 bits per heavy atom. The van der Waals surface area contributed by atoms with Crippen LogP contribution in [0.5, 0.6) is 23.0 Å². The molecule has 48 heavy (non-hydrogen) atoms. The molecule has 12 heteroatoms. The smallest absolute Gasteiger partial charge is 0.161 e. The van der Waals surface area contributed by atoms with Gasteiger partial charge >= 0.3 is 0 Å². The number of ether oxygens (including phenoxy) is 12. The first-order chi connectivity index (χ1) is 23.9. The summed E-state index contributed by atoms with van der Waals surface area (Å²) in [5.74, 6) is 3.47. The van der Waals surface area contributed by atoms with Gasteiger partial charge in [-0.3, -0.25) is 0 Å². The van der Waals surface area contributed by atoms with E-state index in [0.29, 0.717) is 167 Å². The second-order valence-electron chi connectivity index (χ2n) is 11.5. The topological polar surface area (TPSA) is 111 Å². The van der Waals surface area contributed by atoms with Crippen molar-refractivity contribution in [3.05, 3.63) is 47.5 Å². The maximum Gasteiger partial charge on any atom is 0.161 e. The lowest BCUT2D eigenvalue weighted by molar-refractivity contribution is -0.00843. The van der Waals surface area contributed by atoms with E-state index in [1.165, 1.54) is 11.1 Å². The molecule has 12 nitrogen and oxygen atoms in total. The Balaban J connectivity index is 1.23. The van der Waals surface area contributed by atoms with E-state index in [9.17, 15) is 0 Å². The van der Waals surface area contributed by atoms with Gasteiger partial charge in [0.2, 0.25) is 0 Å². The van der Waals surface area contributed by atoms with Gasteiger partial charge in [-0.15, -0.1) is 0 Å². The van der Waals surface area contributed by atoms with Gasteiger partial charge < -0.3 is 56.8 Å². The van der Waals surface area contributed by atoms with E-state index < -0.39 is 0 Å². The molecule has 0 bridgehead atoms. The minimum atomic E-state index is 0.334. The van der Waals surface area contributed by atoms with E-state index in [2.05, 4.69) is 24.3 Å². The van der Waals surface area contributed by atoms with Crippen molar-refractivity contribution in [1.29, 1.82) is 0 Å². The number of benzene rings is 2. The van der Waals surface area contributed by atoms with E-state index >= 15 is 0 Å². The third-order valence-corrected chi connectivity index (χ3v) is 8.24. The number of hydrogen-bond acceptors (Lipinski definition) is 12. The fraction of sp³-hybridized carbons (Fsp3) is 0.667. The van der Waals surface area contributed by atoms with Crippen molar-refractivity contribution in [3.63, 3.8) is 0 Å². The van der Waals surface area contributed by atoms with E-state index in [-0.39, 0.29) is 0 Å². The van der Waals surface area contributed by atoms with Crippen LogP contribution in [-0.2, 0) is 37.9 Å². The Kier molecular flexibility index (Phi) is 16.9. The molecule has 2 aromatic rings. The van der Waals surface area contributed by atoms with Crippen LogP contribution < -0.4 is 18.9 Å². The Labute approximate surface area is 284 Å². The molecule has 0 unspecified atom stereocenters. The van der Waals surface area contributed by atoms with Crippen LogP contribution in [0.2, 0.25) is 0 Å². The van der Waals surface area contributed by atoms with E-state index in [4.69, 9.17) is 56.8 Å². The summed E-state index contributed by atoms with van der Waals surface area (Å²) in [6.45, 7) is 9.68. The third-order valence-electron chi connectivity index (χ3n) is 8.24. The lowest BCUT2D eigenvalue weighted by Gasteiger charge is -2.38. The molecule has 0 amide bonds. The molecule has 1 aliphatic carbocycles. The summed E-state index contributed by atoms with van der Waals surface area (Å²) in [4.78, 5) is 0. The molecule has 2 aliphatic heterocycles. The standard InChI is InChI=1S/C36H52O12/c1-5-33-35(47-25-21-43-17-13-39-9-7-37-11-15-41-19-23-45-33)27-29(1)31-3-4-32(31)30-2-6-34-36(28-30)48-26-22-44-18-14-40-10-8-38-12-16-42-20-24-46-34/h1-2,5-6,27-28,31-32H,3-4,7-26H2/t31-,32-/m1/s1. The first-order valence-electron chi connectivity index (χ1n) is 17.3. The van der Waals surface area contributed by atoms with E-state index in [1.54, 1.807) is 0 Å². The lowest BCUT2D eigenvalue weighted by atomic mass is 9.67. The SMILES string of the molecule is c1cc2c(cc1[C@H]1CC[C@@H]1c1ccc3c(c1)OCCOCCOCCOCCOCCO3)OCCOCCOCCOCCOCCO2. The third kappa shape index (κ3) is 12.6. The molecule has 1 saturated carbocycles. The van der Waals surface area contributed by atoms with Crippen molar-refractivity contribution in [3.8, 4) is 23.0 Å². The van der Waals surface area contributed by atoms with Gasteiger partial charge in [-0.05, 0) is 60.1 Å². The molecule has 268 valence electrons. The van der Waals surface area contributed by atoms with Crippen LogP contribution in [-0.4, -0.2) is 132 Å². The molecule has 0 saturated heterocycles. The number of rotatable bonds is 2. The Hall–Kier alpha value is -2.68. The number of hydrogen-bond donors (Lipinski definition) is 0. The molecule has 0 N–H and O–H groups in total. The molecule has 0 aromatic heterocycles. The van der Waals surface area contributed by atoms with Gasteiger partial charge in [-0.1, -0.05) is 12.1 Å². The van der Waals surface area contributed by atoms with Crippen LogP contribution in [0.3, 0.4) is 0 Å². The maximum atomic E-state index is 6.19. The van der Waals surface area contributed by atoms with Gasteiger partial charge in [-0.25, -0.2) is 0 Å². The van der Waals surface area contributed by atoms with Crippen molar-refractivity contribution in [2.24, 2.45) is 0 Å². The van der Waals surface area contributed by atoms with Crippen LogP contribution >= 0.6 is 0 Å². The average Bonchev–Trinajstić information content (AvgIpc) is 3.08. The summed E-state index contributed by atoms with van der Waals surface area (Å²) in [7, 11) is 0. The molecule has 5 rings (SSSR count). The summed E-state index contributed by atoms with van der Waals surface area (Å²) in [6.07, 6.45) is 2.16. The predicted octanol–water partition coefficient (Wildman–Crippen LogP) is 4.02. The van der Waals surface area contributed by atoms with Crippen LogP contribution in [0.25, 0.3) is 0 Å². The van der Waals surface area contributed by atoms with Gasteiger partial charge in [0.1, 0.15) is 26.4 Å². The molecule has 2 atom stereocenters. The van der Waals surface area contributed by atoms with Gasteiger partial charge in [0.05, 0.1) is 106 Å². The molecule has 1 fully saturated rings. The van der Waals surface area contributed by atoms with Crippen molar-refractivity contribution in [1.82, 2.24) is 0 Å². The normalized spacial score (nSPS) is 24.1. The van der Waals surface area contributed by atoms with Gasteiger partial charge in [0, 0.05) is 0 Å². The summed E-state index contributed by atoms with van der Waals surface area (Å²) in [5.41, 5.74) is 2.43. The largest absolute Gasteiger partial charge is 0.487 e. The Morgan fingerprint density at radius 3 is 0.812 bits per heavy atom. The summed E-state index contributed by atoms with van der Waals surface area (Å²) in [6, 6.07) is 12.5. The van der Waals surface area contributed by atoms with Gasteiger partial charge in [0.15, 0.2) is 23.0 Å². The first kappa shape index (κ1) is 36.6. The molecular formula is C36H52O12. The fourth-order valence-corrected chi connectivity index (χ4v) is 5.64. The molecule has 2 heterocycles. The van der Waals surface area contributed by atoms with Crippen LogP contribution in [0.15, 0.2) is 36.4 Å². The minimum absolute atomic E-state index is 0.334. The maximum absolute atomic E-state index is 6.19. The second-order valence-corrected chi connectivity index (χ2v) is 11.5. The van der Waals surface area contributed by atoms with Crippen molar-refractivity contribution >= 4 is 0 Å². The fourth-order valence-electron chi connectivity index (χ4n) is 5.64. The highest BCUT2D eigenvalue weighted by atomic mass is 16.6. The van der Waals surface area contributed by atoms with E-state index in [1.807, 2.05) is 12.1 Å². The highest BCUT2D eigenvalue weighted by molar-refractivity contribution is 5.48. The van der Waals surface area contributed by atoms with Gasteiger partial charge in [0.25, 0.3) is 0 Å². The van der Waals surface area contributed by atoms with Crippen LogP contribution in [0.4, 0.5) is 0 Å². The molecule has 3 aliphatic rings. The number of fused-ring (bicyclic) bond motifs is 2. The summed E-state index contributed by atoms with van der Waals surface area (Å²) < 4.78 is 69.4. The first-order valence-corrected chi connectivity index (χ1v) is 17.3. The quantitative estimate of drug-likeness (QED) is 0.458. The molecule has 0 radical (unpaired) electrons. The van der Waals surface area contributed by atoms with Crippen molar-refractivity contribution < 1.29 is 56.8 Å². The molecular weight excluding hydrogens is 624 g/mol. The van der Waals surface area contributed by atoms with Crippen molar-refractivity contribution in [2.75, 3.05) is 132 Å². The second kappa shape index (κ2) is 22.1. The highest BCUT2D eigenvalue weighted by Crippen LogP contribution is 2.51. The Morgan fingerprint density at radius 1 is 0.292 bits per heavy atom. The van der Waals surface area contributed by atoms with Crippen LogP contribution in [0.1, 0.15) is 35.8 Å². The lowest BCUT2D eigenvalue weighted by Crippen LogP contribution is -2.22. The highest BCUT2D eigenvalue weighted by Gasteiger charge is 2.34. The van der Waals surface area contributed by atoms with Crippen molar-refractivity contribution in [2.45, 2.75) is 24.7 Å². The van der Waals surface area contributed by atoms with Gasteiger partial charge in [-0.2, -0.15) is 0 Å². The zero-order chi connectivity index (χ0) is 32.9. The zero-order valence-electron chi connectivity index (χ0n) is 28.1. The summed E-state index contributed by atoms with van der Waals surface area (Å²) in [5, 5.41) is 0. The average molecular weight is 677 g/mol. The molecule has 0 spiro atoms. The Bertz CT molecular complexity index is 1070. The minimum Gasteiger partial charge on any atom is -0.487 e.